The van der Waals surface area contributed by atoms with Crippen molar-refractivity contribution in [2.75, 3.05) is 25.1 Å². The second-order valence-corrected chi connectivity index (χ2v) is 8.07. The van der Waals surface area contributed by atoms with Crippen LogP contribution in [0.25, 0.3) is 16.8 Å². The molecule has 170 valence electrons. The number of hydrogen-bond donors (Lipinski definition) is 1. The maximum atomic E-state index is 14.7. The maximum Gasteiger partial charge on any atom is 0.292 e. The molecule has 4 heterocycles. The lowest BCUT2D eigenvalue weighted by atomic mass is 9.99. The average molecular weight is 472 g/mol. The molecule has 0 saturated carbocycles. The third-order valence-electron chi connectivity index (χ3n) is 5.28. The van der Waals surface area contributed by atoms with Crippen molar-refractivity contribution in [1.82, 2.24) is 19.7 Å². The van der Waals surface area contributed by atoms with Crippen molar-refractivity contribution in [2.45, 2.75) is 18.5 Å². The highest BCUT2D eigenvalue weighted by atomic mass is 35.5. The van der Waals surface area contributed by atoms with Gasteiger partial charge in [0.25, 0.3) is 5.56 Å². The van der Waals surface area contributed by atoms with Gasteiger partial charge >= 0.3 is 0 Å². The number of aromatic nitrogens is 4. The number of rotatable bonds is 6. The first-order valence-electron chi connectivity index (χ1n) is 10.3. The largest absolute Gasteiger partial charge is 0.443 e. The molecular weight excluding hydrogens is 453 g/mol. The summed E-state index contributed by atoms with van der Waals surface area (Å²) in [7, 11) is 0. The van der Waals surface area contributed by atoms with E-state index in [0.717, 1.165) is 10.2 Å². The number of nitrogens with zero attached hydrogens (tertiary/aromatic N) is 4. The number of anilines is 1. The van der Waals surface area contributed by atoms with Gasteiger partial charge in [0.15, 0.2) is 17.6 Å². The summed E-state index contributed by atoms with van der Waals surface area (Å²) in [6.45, 7) is 0.540. The molecule has 1 aliphatic heterocycles. The topological polar surface area (TPSA) is 104 Å². The predicted octanol–water partition coefficient (Wildman–Crippen LogP) is 4.15. The molecule has 1 aliphatic rings. The van der Waals surface area contributed by atoms with Crippen LogP contribution in [0.2, 0.25) is 5.02 Å². The number of fused-ring (bicyclic) bond motifs is 1. The fraction of sp³-hybridized carbons (Fsp3) is 0.273. The van der Waals surface area contributed by atoms with Gasteiger partial charge in [-0.25, -0.2) is 14.4 Å². The summed E-state index contributed by atoms with van der Waals surface area (Å²) in [6.07, 6.45) is 5.21. The second-order valence-electron chi connectivity index (χ2n) is 7.69. The van der Waals surface area contributed by atoms with Gasteiger partial charge in [0.1, 0.15) is 16.3 Å². The molecular formula is C22H19ClFN5O4. The Balaban J connectivity index is 1.30. The Labute approximate surface area is 192 Å². The van der Waals surface area contributed by atoms with Crippen molar-refractivity contribution in [2.24, 2.45) is 0 Å². The van der Waals surface area contributed by atoms with Crippen molar-refractivity contribution in [3.63, 3.8) is 0 Å². The van der Waals surface area contributed by atoms with Crippen LogP contribution in [0, 0.1) is 0 Å². The Morgan fingerprint density at radius 3 is 2.94 bits per heavy atom. The number of pyridine rings is 1. The molecule has 1 saturated heterocycles. The quantitative estimate of drug-likeness (QED) is 0.447. The lowest BCUT2D eigenvalue weighted by Crippen LogP contribution is -2.40. The lowest BCUT2D eigenvalue weighted by molar-refractivity contribution is -0.0234. The summed E-state index contributed by atoms with van der Waals surface area (Å²) in [5.74, 6) is 0.847. The molecule has 0 bridgehead atoms. The highest BCUT2D eigenvalue weighted by molar-refractivity contribution is 6.32. The Bertz CT molecular complexity index is 1330. The Morgan fingerprint density at radius 1 is 1.24 bits per heavy atom. The summed E-state index contributed by atoms with van der Waals surface area (Å²) in [4.78, 5) is 21.0. The molecule has 4 aromatic rings. The van der Waals surface area contributed by atoms with Gasteiger partial charge in [-0.3, -0.25) is 4.79 Å². The van der Waals surface area contributed by atoms with E-state index >= 15 is 0 Å². The number of hydrogen-bond acceptors (Lipinski definition) is 8. The number of oxazole rings is 1. The number of benzene rings is 1. The van der Waals surface area contributed by atoms with Crippen molar-refractivity contribution in [1.29, 1.82) is 0 Å². The highest BCUT2D eigenvalue weighted by Gasteiger charge is 2.32. The highest BCUT2D eigenvalue weighted by Crippen LogP contribution is 2.26. The molecule has 0 amide bonds. The molecule has 1 atom stereocenters. The fourth-order valence-electron chi connectivity index (χ4n) is 3.53. The minimum absolute atomic E-state index is 0.00839. The van der Waals surface area contributed by atoms with Crippen LogP contribution >= 0.6 is 11.6 Å². The van der Waals surface area contributed by atoms with Crippen molar-refractivity contribution in [3.05, 3.63) is 64.5 Å². The van der Waals surface area contributed by atoms with Crippen LogP contribution in [0.5, 0.6) is 11.6 Å². The summed E-state index contributed by atoms with van der Waals surface area (Å²) in [5, 5.41) is 6.93. The maximum absolute atomic E-state index is 14.7. The van der Waals surface area contributed by atoms with E-state index in [0.29, 0.717) is 42.3 Å². The Morgan fingerprint density at radius 2 is 2.15 bits per heavy atom. The van der Waals surface area contributed by atoms with E-state index in [1.54, 1.807) is 30.3 Å². The molecule has 11 heteroatoms. The van der Waals surface area contributed by atoms with Crippen LogP contribution in [0.1, 0.15) is 12.8 Å². The zero-order chi connectivity index (χ0) is 22.8. The smallest absolute Gasteiger partial charge is 0.292 e. The van der Waals surface area contributed by atoms with Crippen LogP contribution < -0.4 is 15.6 Å². The fourth-order valence-corrected chi connectivity index (χ4v) is 3.72. The van der Waals surface area contributed by atoms with Crippen LogP contribution in [-0.4, -0.2) is 45.2 Å². The summed E-state index contributed by atoms with van der Waals surface area (Å²) in [6, 6.07) is 8.46. The lowest BCUT2D eigenvalue weighted by Gasteiger charge is -2.29. The van der Waals surface area contributed by atoms with E-state index in [2.05, 4.69) is 20.4 Å². The molecule has 9 nitrogen and oxygen atoms in total. The van der Waals surface area contributed by atoms with E-state index in [1.165, 1.54) is 18.8 Å². The first kappa shape index (κ1) is 21.4. The van der Waals surface area contributed by atoms with Gasteiger partial charge in [-0.05, 0) is 31.0 Å². The number of alkyl halides is 1. The van der Waals surface area contributed by atoms with Gasteiger partial charge in [0.05, 0.1) is 36.9 Å². The van der Waals surface area contributed by atoms with E-state index in [1.807, 2.05) is 0 Å². The monoisotopic (exact) mass is 471 g/mol. The first-order valence-corrected chi connectivity index (χ1v) is 10.6. The molecule has 1 fully saturated rings. The van der Waals surface area contributed by atoms with Crippen LogP contribution in [-0.2, 0) is 4.74 Å². The summed E-state index contributed by atoms with van der Waals surface area (Å²) < 4.78 is 32.0. The summed E-state index contributed by atoms with van der Waals surface area (Å²) >= 11 is 6.24. The summed E-state index contributed by atoms with van der Waals surface area (Å²) in [5.41, 5.74) is -0.0857. The predicted molar refractivity (Wildman–Crippen MR) is 119 cm³/mol. The van der Waals surface area contributed by atoms with Crippen molar-refractivity contribution >= 4 is 28.4 Å². The zero-order valence-electron chi connectivity index (χ0n) is 17.3. The van der Waals surface area contributed by atoms with E-state index in [9.17, 15) is 9.18 Å². The number of ether oxygens (including phenoxy) is 2. The van der Waals surface area contributed by atoms with Gasteiger partial charge in [-0.2, -0.15) is 9.78 Å². The van der Waals surface area contributed by atoms with Crippen LogP contribution in [0.15, 0.2) is 58.3 Å². The van der Waals surface area contributed by atoms with Gasteiger partial charge < -0.3 is 19.2 Å². The normalized spacial score (nSPS) is 18.4. The average Bonchev–Trinajstić information content (AvgIpc) is 3.29. The molecule has 1 aromatic carbocycles. The second kappa shape index (κ2) is 8.80. The van der Waals surface area contributed by atoms with Gasteiger partial charge in [-0.1, -0.05) is 11.6 Å². The van der Waals surface area contributed by atoms with Gasteiger partial charge in [0, 0.05) is 18.7 Å². The minimum Gasteiger partial charge on any atom is -0.443 e. The zero-order valence-corrected chi connectivity index (χ0v) is 18.1. The Kier molecular flexibility index (Phi) is 5.69. The number of nitrogens with one attached hydrogen (secondary N) is 1. The SMILES string of the molecule is O=c1c(Cl)c(NC[C@@]2(F)CCCOC2)cnn1-c1ccc(Oc2ccc3ncoc3c2)nc1. The van der Waals surface area contributed by atoms with Crippen molar-refractivity contribution < 1.29 is 18.3 Å². The van der Waals surface area contributed by atoms with E-state index in [4.69, 9.17) is 25.5 Å². The minimum atomic E-state index is -1.51. The Hall–Kier alpha value is -3.50. The van der Waals surface area contributed by atoms with E-state index in [-0.39, 0.29) is 23.9 Å². The number of halogens is 2. The molecule has 0 unspecified atom stereocenters. The molecule has 3 aromatic heterocycles. The third kappa shape index (κ3) is 4.53. The molecule has 1 N–H and O–H groups in total. The standard InChI is InChI=1S/C22H19ClFN5O4/c23-20-17(26-11-22(24)6-1-7-31-12-22)10-28-29(21(20)30)14-2-5-19(25-9-14)33-15-3-4-16-18(8-15)32-13-27-16/h2-5,8-10,13,26H,1,6-7,11-12H2/t22-/m0/s1. The van der Waals surface area contributed by atoms with Crippen LogP contribution in [0.3, 0.4) is 0 Å². The molecule has 5 rings (SSSR count). The molecule has 0 aliphatic carbocycles. The molecule has 33 heavy (non-hydrogen) atoms. The first-order chi connectivity index (χ1) is 16.0. The third-order valence-corrected chi connectivity index (χ3v) is 5.64. The molecule has 0 spiro atoms. The molecule has 0 radical (unpaired) electrons. The van der Waals surface area contributed by atoms with E-state index < -0.39 is 11.2 Å². The van der Waals surface area contributed by atoms with Gasteiger partial charge in [-0.15, -0.1) is 0 Å². The van der Waals surface area contributed by atoms with Crippen molar-refractivity contribution in [3.8, 4) is 17.3 Å². The van der Waals surface area contributed by atoms with Crippen LogP contribution in [0.4, 0.5) is 10.1 Å². The van der Waals surface area contributed by atoms with Gasteiger partial charge in [0.2, 0.25) is 5.88 Å².